The molecule has 2 nitrogen and oxygen atoms in total. The number of thiol groups is 1. The average molecular weight is 263 g/mol. The van der Waals surface area contributed by atoms with E-state index in [1.54, 1.807) is 0 Å². The fourth-order valence-corrected chi connectivity index (χ4v) is 2.76. The largest absolute Gasteiger partial charge is 0.352 e. The molecule has 1 fully saturated rings. The second kappa shape index (κ2) is 6.83. The molecule has 1 aromatic carbocycles. The molecule has 98 valence electrons. The van der Waals surface area contributed by atoms with Crippen LogP contribution in [0.2, 0.25) is 0 Å². The summed E-state index contributed by atoms with van der Waals surface area (Å²) in [5.41, 5.74) is 0.716. The van der Waals surface area contributed by atoms with Crippen molar-refractivity contribution in [2.24, 2.45) is 5.92 Å². The van der Waals surface area contributed by atoms with Gasteiger partial charge in [0.25, 0.3) is 5.91 Å². The van der Waals surface area contributed by atoms with Gasteiger partial charge >= 0.3 is 0 Å². The molecule has 18 heavy (non-hydrogen) atoms. The maximum absolute atomic E-state index is 11.8. The summed E-state index contributed by atoms with van der Waals surface area (Å²) in [6.45, 7) is 0.790. The highest BCUT2D eigenvalue weighted by Gasteiger charge is 2.14. The van der Waals surface area contributed by atoms with Crippen LogP contribution in [0.15, 0.2) is 29.2 Å². The minimum absolute atomic E-state index is 0.0229. The Bertz CT molecular complexity index is 382. The standard InChI is InChI=1S/C15H21NOS/c17-15(13-7-9-14(18)10-8-13)16-11-3-6-12-4-1-2-5-12/h7-10,12,18H,1-6,11H2,(H,16,17). The first-order valence-electron chi connectivity index (χ1n) is 6.83. The van der Waals surface area contributed by atoms with Gasteiger partial charge in [-0.3, -0.25) is 4.79 Å². The third kappa shape index (κ3) is 4.05. The van der Waals surface area contributed by atoms with Gasteiger partial charge in [0.2, 0.25) is 0 Å². The second-order valence-corrected chi connectivity index (χ2v) is 5.61. The van der Waals surface area contributed by atoms with Gasteiger partial charge in [-0.2, -0.15) is 0 Å². The van der Waals surface area contributed by atoms with Crippen molar-refractivity contribution in [2.45, 2.75) is 43.4 Å². The Balaban J connectivity index is 1.66. The van der Waals surface area contributed by atoms with Crippen LogP contribution in [0.1, 0.15) is 48.9 Å². The molecule has 1 amide bonds. The first kappa shape index (κ1) is 13.5. The number of nitrogens with one attached hydrogen (secondary N) is 1. The van der Waals surface area contributed by atoms with Crippen molar-refractivity contribution in [1.82, 2.24) is 5.32 Å². The van der Waals surface area contributed by atoms with Crippen LogP contribution in [0.5, 0.6) is 0 Å². The van der Waals surface area contributed by atoms with Crippen LogP contribution < -0.4 is 5.32 Å². The van der Waals surface area contributed by atoms with Gasteiger partial charge in [-0.1, -0.05) is 25.7 Å². The maximum atomic E-state index is 11.8. The van der Waals surface area contributed by atoms with Crippen molar-refractivity contribution in [3.8, 4) is 0 Å². The first-order valence-corrected chi connectivity index (χ1v) is 7.27. The summed E-state index contributed by atoms with van der Waals surface area (Å²) in [5, 5.41) is 2.98. The molecule has 3 heteroatoms. The molecule has 0 saturated heterocycles. The number of carbonyl (C=O) groups is 1. The van der Waals surface area contributed by atoms with Crippen molar-refractivity contribution in [2.75, 3.05) is 6.54 Å². The first-order chi connectivity index (χ1) is 8.75. The lowest BCUT2D eigenvalue weighted by atomic mass is 10.0. The van der Waals surface area contributed by atoms with Crippen LogP contribution >= 0.6 is 12.6 Å². The van der Waals surface area contributed by atoms with E-state index in [2.05, 4.69) is 17.9 Å². The molecule has 0 heterocycles. The summed E-state index contributed by atoms with van der Waals surface area (Å²) in [4.78, 5) is 12.7. The monoisotopic (exact) mass is 263 g/mol. The van der Waals surface area contributed by atoms with Gasteiger partial charge in [0.1, 0.15) is 0 Å². The number of rotatable bonds is 5. The molecule has 1 aromatic rings. The van der Waals surface area contributed by atoms with Crippen molar-refractivity contribution < 1.29 is 4.79 Å². The molecular formula is C15H21NOS. The van der Waals surface area contributed by atoms with Crippen molar-refractivity contribution in [3.63, 3.8) is 0 Å². The highest BCUT2D eigenvalue weighted by molar-refractivity contribution is 7.80. The molecule has 1 aliphatic rings. The van der Waals surface area contributed by atoms with E-state index >= 15 is 0 Å². The summed E-state index contributed by atoms with van der Waals surface area (Å²) < 4.78 is 0. The Labute approximate surface area is 115 Å². The highest BCUT2D eigenvalue weighted by Crippen LogP contribution is 2.28. The minimum Gasteiger partial charge on any atom is -0.352 e. The fraction of sp³-hybridized carbons (Fsp3) is 0.533. The highest BCUT2D eigenvalue weighted by atomic mass is 32.1. The summed E-state index contributed by atoms with van der Waals surface area (Å²) in [6, 6.07) is 7.32. The molecular weight excluding hydrogens is 242 g/mol. The van der Waals surface area contributed by atoms with E-state index in [-0.39, 0.29) is 5.91 Å². The van der Waals surface area contributed by atoms with Crippen LogP contribution in [0, 0.1) is 5.92 Å². The molecule has 0 radical (unpaired) electrons. The maximum Gasteiger partial charge on any atom is 0.251 e. The van der Waals surface area contributed by atoms with E-state index in [0.29, 0.717) is 5.56 Å². The summed E-state index contributed by atoms with van der Waals surface area (Å²) in [7, 11) is 0. The van der Waals surface area contributed by atoms with E-state index in [1.165, 1.54) is 32.1 Å². The SMILES string of the molecule is O=C(NCCCC1CCCC1)c1ccc(S)cc1. The molecule has 0 spiro atoms. The topological polar surface area (TPSA) is 29.1 Å². The third-order valence-electron chi connectivity index (χ3n) is 3.68. The van der Waals surface area contributed by atoms with Gasteiger partial charge in [0.05, 0.1) is 0 Å². The van der Waals surface area contributed by atoms with Crippen LogP contribution in [0.3, 0.4) is 0 Å². The lowest BCUT2D eigenvalue weighted by Crippen LogP contribution is -2.24. The summed E-state index contributed by atoms with van der Waals surface area (Å²) >= 11 is 4.20. The Morgan fingerprint density at radius 1 is 1.22 bits per heavy atom. The predicted octanol–water partition coefficient (Wildman–Crippen LogP) is 3.68. The molecule has 0 unspecified atom stereocenters. The number of amides is 1. The third-order valence-corrected chi connectivity index (χ3v) is 3.98. The smallest absolute Gasteiger partial charge is 0.251 e. The lowest BCUT2D eigenvalue weighted by Gasteiger charge is -2.09. The molecule has 0 bridgehead atoms. The second-order valence-electron chi connectivity index (χ2n) is 5.10. The summed E-state index contributed by atoms with van der Waals surface area (Å²) in [5.74, 6) is 0.931. The number of hydrogen-bond acceptors (Lipinski definition) is 2. The zero-order chi connectivity index (χ0) is 12.8. The number of benzene rings is 1. The van der Waals surface area contributed by atoms with Crippen molar-refractivity contribution in [3.05, 3.63) is 29.8 Å². The zero-order valence-electron chi connectivity index (χ0n) is 10.7. The van der Waals surface area contributed by atoms with E-state index in [4.69, 9.17) is 0 Å². The number of carbonyl (C=O) groups excluding carboxylic acids is 1. The Morgan fingerprint density at radius 2 is 1.89 bits per heavy atom. The van der Waals surface area contributed by atoms with Crippen LogP contribution in [0.25, 0.3) is 0 Å². The normalized spacial score (nSPS) is 15.8. The van der Waals surface area contributed by atoms with Gasteiger partial charge in [-0.25, -0.2) is 0 Å². The molecule has 0 aromatic heterocycles. The molecule has 2 rings (SSSR count). The predicted molar refractivity (Wildman–Crippen MR) is 77.2 cm³/mol. The average Bonchev–Trinajstić information content (AvgIpc) is 2.88. The van der Waals surface area contributed by atoms with E-state index in [9.17, 15) is 4.79 Å². The number of hydrogen-bond donors (Lipinski definition) is 2. The molecule has 1 saturated carbocycles. The Hall–Kier alpha value is -0.960. The van der Waals surface area contributed by atoms with E-state index < -0.39 is 0 Å². The summed E-state index contributed by atoms with van der Waals surface area (Å²) in [6.07, 6.45) is 7.92. The van der Waals surface area contributed by atoms with E-state index in [0.717, 1.165) is 23.8 Å². The Morgan fingerprint density at radius 3 is 2.56 bits per heavy atom. The fourth-order valence-electron chi connectivity index (χ4n) is 2.61. The van der Waals surface area contributed by atoms with E-state index in [1.807, 2.05) is 24.3 Å². The van der Waals surface area contributed by atoms with Gasteiger partial charge in [-0.15, -0.1) is 12.6 Å². The quantitative estimate of drug-likeness (QED) is 0.616. The van der Waals surface area contributed by atoms with Crippen LogP contribution in [-0.4, -0.2) is 12.5 Å². The van der Waals surface area contributed by atoms with Gasteiger partial charge in [0, 0.05) is 17.0 Å². The van der Waals surface area contributed by atoms with Crippen LogP contribution in [-0.2, 0) is 0 Å². The van der Waals surface area contributed by atoms with Crippen LogP contribution in [0.4, 0.5) is 0 Å². The molecule has 0 aliphatic heterocycles. The molecule has 1 N–H and O–H groups in total. The van der Waals surface area contributed by atoms with Crippen molar-refractivity contribution in [1.29, 1.82) is 0 Å². The van der Waals surface area contributed by atoms with Gasteiger partial charge in [0.15, 0.2) is 0 Å². The lowest BCUT2D eigenvalue weighted by molar-refractivity contribution is 0.0952. The van der Waals surface area contributed by atoms with Gasteiger partial charge in [-0.05, 0) is 43.0 Å². The van der Waals surface area contributed by atoms with Crippen molar-refractivity contribution >= 4 is 18.5 Å². The molecule has 0 atom stereocenters. The molecule has 1 aliphatic carbocycles. The minimum atomic E-state index is 0.0229. The zero-order valence-corrected chi connectivity index (χ0v) is 11.6. The van der Waals surface area contributed by atoms with Gasteiger partial charge < -0.3 is 5.32 Å². The Kier molecular flexibility index (Phi) is 5.12.